The molecule has 4 nitrogen and oxygen atoms in total. The Bertz CT molecular complexity index is 637. The molecule has 0 bridgehead atoms. The topological polar surface area (TPSA) is 47.3 Å². The third-order valence-corrected chi connectivity index (χ3v) is 4.72. The van der Waals surface area contributed by atoms with E-state index in [4.69, 9.17) is 0 Å². The molecule has 1 aliphatic heterocycles. The summed E-state index contributed by atoms with van der Waals surface area (Å²) < 4.78 is 0. The first-order valence-electron chi connectivity index (χ1n) is 8.96. The number of rotatable bonds is 7. The predicted octanol–water partition coefficient (Wildman–Crippen LogP) is 3.18. The van der Waals surface area contributed by atoms with Crippen LogP contribution in [0, 0.1) is 11.3 Å². The fourth-order valence-electron chi connectivity index (χ4n) is 3.24. The monoisotopic (exact) mass is 337 g/mol. The van der Waals surface area contributed by atoms with Crippen molar-refractivity contribution in [2.45, 2.75) is 32.2 Å². The van der Waals surface area contributed by atoms with Crippen LogP contribution in [0.15, 0.2) is 54.6 Å². The molecule has 1 amide bonds. The van der Waals surface area contributed by atoms with Gasteiger partial charge in [0.25, 0.3) is 0 Å². The van der Waals surface area contributed by atoms with E-state index in [9.17, 15) is 10.1 Å². The van der Waals surface area contributed by atoms with Crippen LogP contribution in [0.4, 0.5) is 0 Å². The number of carbonyl (C=O) groups is 1. The third-order valence-electron chi connectivity index (χ3n) is 4.72. The molecule has 4 heteroatoms. The van der Waals surface area contributed by atoms with Crippen LogP contribution in [0.5, 0.6) is 0 Å². The van der Waals surface area contributed by atoms with Gasteiger partial charge in [-0.05, 0) is 24.0 Å². The maximum atomic E-state index is 12.4. The summed E-state index contributed by atoms with van der Waals surface area (Å²) in [6, 6.07) is 12.3. The lowest BCUT2D eigenvalue weighted by Crippen LogP contribution is -2.52. The minimum Gasteiger partial charge on any atom is -0.340 e. The lowest BCUT2D eigenvalue weighted by Gasteiger charge is -2.37. The Balaban J connectivity index is 1.86. The van der Waals surface area contributed by atoms with E-state index in [2.05, 4.69) is 36.6 Å². The summed E-state index contributed by atoms with van der Waals surface area (Å²) in [5.74, 6) is 0.203. The fraction of sp³-hybridized carbons (Fsp3) is 0.429. The Labute approximate surface area is 151 Å². The van der Waals surface area contributed by atoms with Gasteiger partial charge in [-0.2, -0.15) is 5.26 Å². The average molecular weight is 337 g/mol. The van der Waals surface area contributed by atoms with E-state index in [1.165, 1.54) is 5.56 Å². The second-order valence-electron chi connectivity index (χ2n) is 6.26. The van der Waals surface area contributed by atoms with E-state index < -0.39 is 0 Å². The minimum atomic E-state index is -0.218. The lowest BCUT2D eigenvalue weighted by molar-refractivity contribution is -0.133. The molecule has 2 rings (SSSR count). The molecule has 0 radical (unpaired) electrons. The van der Waals surface area contributed by atoms with Crippen molar-refractivity contribution in [3.8, 4) is 6.07 Å². The summed E-state index contributed by atoms with van der Waals surface area (Å²) in [7, 11) is 0. The molecule has 0 aliphatic carbocycles. The highest BCUT2D eigenvalue weighted by molar-refractivity contribution is 5.76. The summed E-state index contributed by atoms with van der Waals surface area (Å²) in [6.07, 6.45) is 5.84. The van der Waals surface area contributed by atoms with Crippen molar-refractivity contribution in [2.75, 3.05) is 26.2 Å². The van der Waals surface area contributed by atoms with Gasteiger partial charge in [-0.15, -0.1) is 0 Å². The first-order valence-corrected chi connectivity index (χ1v) is 8.96. The van der Waals surface area contributed by atoms with Crippen LogP contribution in [-0.4, -0.2) is 47.9 Å². The normalized spacial score (nSPS) is 17.0. The van der Waals surface area contributed by atoms with Crippen LogP contribution in [0.3, 0.4) is 0 Å². The number of benzene rings is 1. The maximum absolute atomic E-state index is 12.4. The molecule has 1 aromatic carbocycles. The highest BCUT2D eigenvalue weighted by Crippen LogP contribution is 2.17. The molecule has 25 heavy (non-hydrogen) atoms. The van der Waals surface area contributed by atoms with Crippen molar-refractivity contribution in [2.24, 2.45) is 0 Å². The average Bonchev–Trinajstić information content (AvgIpc) is 2.67. The molecule has 132 valence electrons. The van der Waals surface area contributed by atoms with Crippen LogP contribution in [-0.2, 0) is 11.2 Å². The first-order chi connectivity index (χ1) is 12.2. The number of piperazine rings is 1. The van der Waals surface area contributed by atoms with E-state index in [-0.39, 0.29) is 11.9 Å². The minimum absolute atomic E-state index is 0.203. The highest BCUT2D eigenvalue weighted by atomic mass is 16.2. The van der Waals surface area contributed by atoms with Crippen LogP contribution in [0.2, 0.25) is 0 Å². The number of nitriles is 1. The van der Waals surface area contributed by atoms with Crippen LogP contribution >= 0.6 is 0 Å². The van der Waals surface area contributed by atoms with E-state index in [1.807, 2.05) is 29.2 Å². The van der Waals surface area contributed by atoms with Gasteiger partial charge in [-0.1, -0.05) is 56.0 Å². The van der Waals surface area contributed by atoms with Gasteiger partial charge in [-0.3, -0.25) is 9.69 Å². The molecule has 1 unspecified atom stereocenters. The van der Waals surface area contributed by atoms with Crippen molar-refractivity contribution < 1.29 is 4.79 Å². The maximum Gasteiger partial charge on any atom is 0.222 e. The molecule has 1 atom stereocenters. The van der Waals surface area contributed by atoms with Gasteiger partial charge in [0.1, 0.15) is 6.04 Å². The SMILES string of the molecule is C=C/C=C(\CC)C(C#N)N1CCN(C(=O)CCc2ccccc2)CC1. The Morgan fingerprint density at radius 3 is 2.52 bits per heavy atom. The molecule has 0 saturated carbocycles. The predicted molar refractivity (Wildman–Crippen MR) is 101 cm³/mol. The Morgan fingerprint density at radius 1 is 1.28 bits per heavy atom. The van der Waals surface area contributed by atoms with Crippen molar-refractivity contribution in [1.82, 2.24) is 9.80 Å². The molecule has 0 N–H and O–H groups in total. The molecule has 1 aromatic rings. The van der Waals surface area contributed by atoms with Crippen LogP contribution < -0.4 is 0 Å². The van der Waals surface area contributed by atoms with Gasteiger partial charge in [0, 0.05) is 32.6 Å². The number of carbonyl (C=O) groups excluding carboxylic acids is 1. The van der Waals surface area contributed by atoms with Gasteiger partial charge in [0.2, 0.25) is 5.91 Å². The second kappa shape index (κ2) is 9.80. The zero-order chi connectivity index (χ0) is 18.1. The number of aryl methyl sites for hydroxylation is 1. The number of hydrogen-bond acceptors (Lipinski definition) is 3. The molecule has 1 heterocycles. The van der Waals surface area contributed by atoms with E-state index in [1.54, 1.807) is 6.08 Å². The van der Waals surface area contributed by atoms with Gasteiger partial charge in [0.05, 0.1) is 6.07 Å². The molecule has 1 fully saturated rings. The Hall–Kier alpha value is -2.38. The largest absolute Gasteiger partial charge is 0.340 e. The van der Waals surface area contributed by atoms with Gasteiger partial charge in [-0.25, -0.2) is 0 Å². The number of nitrogens with zero attached hydrogens (tertiary/aromatic N) is 3. The number of allylic oxidation sites excluding steroid dienone is 2. The van der Waals surface area contributed by atoms with Gasteiger partial charge >= 0.3 is 0 Å². The van der Waals surface area contributed by atoms with E-state index in [0.717, 1.165) is 31.5 Å². The number of hydrogen-bond donors (Lipinski definition) is 0. The molecule has 1 saturated heterocycles. The Morgan fingerprint density at radius 2 is 1.96 bits per heavy atom. The second-order valence-corrected chi connectivity index (χ2v) is 6.26. The van der Waals surface area contributed by atoms with Crippen LogP contribution in [0.1, 0.15) is 25.3 Å². The molecule has 0 spiro atoms. The smallest absolute Gasteiger partial charge is 0.222 e. The summed E-state index contributed by atoms with van der Waals surface area (Å²) in [6.45, 7) is 8.65. The van der Waals surface area contributed by atoms with Gasteiger partial charge < -0.3 is 4.90 Å². The Kier molecular flexibility index (Phi) is 7.43. The fourth-order valence-corrected chi connectivity index (χ4v) is 3.24. The summed E-state index contributed by atoms with van der Waals surface area (Å²) in [5, 5.41) is 9.54. The van der Waals surface area contributed by atoms with E-state index in [0.29, 0.717) is 19.5 Å². The zero-order valence-corrected chi connectivity index (χ0v) is 15.0. The summed E-state index contributed by atoms with van der Waals surface area (Å²) in [4.78, 5) is 16.5. The molecule has 1 aliphatic rings. The van der Waals surface area contributed by atoms with Crippen molar-refractivity contribution in [3.05, 3.63) is 60.2 Å². The molecule has 0 aromatic heterocycles. The third kappa shape index (κ3) is 5.30. The lowest BCUT2D eigenvalue weighted by atomic mass is 10.0. The quantitative estimate of drug-likeness (QED) is 0.718. The summed E-state index contributed by atoms with van der Waals surface area (Å²) in [5.41, 5.74) is 2.28. The first kappa shape index (κ1) is 19.0. The number of amides is 1. The molecular formula is C21H27N3O. The van der Waals surface area contributed by atoms with Crippen molar-refractivity contribution >= 4 is 5.91 Å². The molecular weight excluding hydrogens is 310 g/mol. The van der Waals surface area contributed by atoms with Crippen LogP contribution in [0.25, 0.3) is 0 Å². The van der Waals surface area contributed by atoms with Gasteiger partial charge in [0.15, 0.2) is 0 Å². The summed E-state index contributed by atoms with van der Waals surface area (Å²) >= 11 is 0. The van der Waals surface area contributed by atoms with E-state index >= 15 is 0 Å². The standard InChI is InChI=1S/C21H27N3O/c1-3-8-19(4-2)20(17-22)23-13-15-24(16-14-23)21(25)12-11-18-9-6-5-7-10-18/h3,5-10,20H,1,4,11-16H2,2H3/b19-8+. The van der Waals surface area contributed by atoms with Crippen molar-refractivity contribution in [3.63, 3.8) is 0 Å². The zero-order valence-electron chi connectivity index (χ0n) is 15.0. The highest BCUT2D eigenvalue weighted by Gasteiger charge is 2.27. The van der Waals surface area contributed by atoms with Crippen molar-refractivity contribution in [1.29, 1.82) is 5.26 Å².